The van der Waals surface area contributed by atoms with Crippen molar-refractivity contribution in [3.8, 4) is 0 Å². The van der Waals surface area contributed by atoms with Gasteiger partial charge in [-0.1, -0.05) is 89.4 Å². The van der Waals surface area contributed by atoms with E-state index in [4.69, 9.17) is 23.2 Å². The number of nitrogens with zero attached hydrogens (tertiary/aromatic N) is 2. The maximum Gasteiger partial charge on any atom is 0.264 e. The smallest absolute Gasteiger partial charge is 0.264 e. The maximum atomic E-state index is 13.9. The highest BCUT2D eigenvalue weighted by molar-refractivity contribution is 9.10. The quantitative estimate of drug-likeness (QED) is 0.269. The standard InChI is InChI=1S/C28H30BrCl2N3O4S/c1-19(2)16-32-28(36)20(3)33(17-21-9-7-10-22(29)15-21)26(35)18-34(25-14-8-13-24(30)27(25)31)39(37,38)23-11-5-4-6-12-23/h4-15,19-20H,16-18H2,1-3H3,(H,32,36)/t20-/m1/s1. The number of benzene rings is 3. The maximum absolute atomic E-state index is 13.9. The van der Waals surface area contributed by atoms with Crippen molar-refractivity contribution in [3.63, 3.8) is 0 Å². The first-order valence-corrected chi connectivity index (χ1v) is 15.2. The van der Waals surface area contributed by atoms with Crippen LogP contribution in [0.2, 0.25) is 10.0 Å². The van der Waals surface area contributed by atoms with Gasteiger partial charge in [0, 0.05) is 17.6 Å². The lowest BCUT2D eigenvalue weighted by molar-refractivity contribution is -0.139. The summed E-state index contributed by atoms with van der Waals surface area (Å²) in [5.41, 5.74) is 0.820. The van der Waals surface area contributed by atoms with Crippen molar-refractivity contribution in [2.45, 2.75) is 38.3 Å². The first kappa shape index (κ1) is 30.9. The number of hydrogen-bond acceptors (Lipinski definition) is 4. The normalized spacial score (nSPS) is 12.2. The second-order valence-corrected chi connectivity index (χ2v) is 12.9. The molecule has 0 bridgehead atoms. The van der Waals surface area contributed by atoms with Gasteiger partial charge in [-0.25, -0.2) is 8.42 Å². The second-order valence-electron chi connectivity index (χ2n) is 9.36. The van der Waals surface area contributed by atoms with Crippen LogP contribution in [0.3, 0.4) is 0 Å². The van der Waals surface area contributed by atoms with Crippen LogP contribution in [0.25, 0.3) is 0 Å². The van der Waals surface area contributed by atoms with Gasteiger partial charge < -0.3 is 10.2 Å². The molecule has 1 N–H and O–H groups in total. The van der Waals surface area contributed by atoms with Crippen molar-refractivity contribution in [2.75, 3.05) is 17.4 Å². The Morgan fingerprint density at radius 1 is 0.949 bits per heavy atom. The van der Waals surface area contributed by atoms with Gasteiger partial charge in [-0.2, -0.15) is 0 Å². The summed E-state index contributed by atoms with van der Waals surface area (Å²) in [7, 11) is -4.23. The molecule has 0 aliphatic heterocycles. The predicted molar refractivity (Wildman–Crippen MR) is 159 cm³/mol. The molecular weight excluding hydrogens is 625 g/mol. The summed E-state index contributed by atoms with van der Waals surface area (Å²) in [5, 5.41) is 2.99. The Kier molecular flexibility index (Phi) is 10.8. The Balaban J connectivity index is 2.04. The van der Waals surface area contributed by atoms with E-state index in [1.54, 1.807) is 31.2 Å². The van der Waals surface area contributed by atoms with Crippen molar-refractivity contribution >= 4 is 66.7 Å². The van der Waals surface area contributed by atoms with E-state index in [2.05, 4.69) is 21.2 Å². The fourth-order valence-electron chi connectivity index (χ4n) is 3.79. The van der Waals surface area contributed by atoms with E-state index in [0.29, 0.717) is 6.54 Å². The number of rotatable bonds is 11. The van der Waals surface area contributed by atoms with Crippen LogP contribution in [0.4, 0.5) is 5.69 Å². The van der Waals surface area contributed by atoms with Crippen molar-refractivity contribution in [3.05, 3.63) is 92.9 Å². The molecule has 1 atom stereocenters. The highest BCUT2D eigenvalue weighted by Crippen LogP contribution is 2.35. The molecule has 0 aliphatic rings. The zero-order valence-electron chi connectivity index (χ0n) is 21.8. The molecule has 208 valence electrons. The Hall–Kier alpha value is -2.59. The van der Waals surface area contributed by atoms with Gasteiger partial charge in [-0.05, 0) is 54.8 Å². The minimum Gasteiger partial charge on any atom is -0.354 e. The first-order valence-electron chi connectivity index (χ1n) is 12.2. The second kappa shape index (κ2) is 13.7. The molecule has 0 unspecified atom stereocenters. The molecule has 2 amide bonds. The zero-order valence-corrected chi connectivity index (χ0v) is 25.7. The monoisotopic (exact) mass is 653 g/mol. The molecule has 11 heteroatoms. The summed E-state index contributed by atoms with van der Waals surface area (Å²) < 4.78 is 29.4. The van der Waals surface area contributed by atoms with Crippen molar-refractivity contribution in [1.82, 2.24) is 10.2 Å². The molecule has 7 nitrogen and oxygen atoms in total. The van der Waals surface area contributed by atoms with Crippen molar-refractivity contribution in [1.29, 1.82) is 0 Å². The number of carbonyl (C=O) groups excluding carboxylic acids is 2. The van der Waals surface area contributed by atoms with Crippen LogP contribution in [0.15, 0.2) is 82.2 Å². The van der Waals surface area contributed by atoms with Crippen LogP contribution in [0.5, 0.6) is 0 Å². The van der Waals surface area contributed by atoms with Crippen LogP contribution in [-0.4, -0.2) is 44.3 Å². The highest BCUT2D eigenvalue weighted by Gasteiger charge is 2.33. The van der Waals surface area contributed by atoms with E-state index in [9.17, 15) is 18.0 Å². The number of amides is 2. The molecule has 3 aromatic carbocycles. The van der Waals surface area contributed by atoms with Gasteiger partial charge in [0.05, 0.1) is 20.6 Å². The van der Waals surface area contributed by atoms with Gasteiger partial charge in [0.1, 0.15) is 12.6 Å². The highest BCUT2D eigenvalue weighted by atomic mass is 79.9. The van der Waals surface area contributed by atoms with Crippen LogP contribution in [-0.2, 0) is 26.2 Å². The summed E-state index contributed by atoms with van der Waals surface area (Å²) in [4.78, 5) is 28.3. The Morgan fingerprint density at radius 2 is 1.62 bits per heavy atom. The van der Waals surface area contributed by atoms with E-state index in [-0.39, 0.29) is 39.0 Å². The molecule has 3 rings (SSSR count). The number of hydrogen-bond donors (Lipinski definition) is 1. The number of nitrogens with one attached hydrogen (secondary N) is 1. The van der Waals surface area contributed by atoms with Gasteiger partial charge in [0.25, 0.3) is 10.0 Å². The predicted octanol–water partition coefficient (Wildman–Crippen LogP) is 6.14. The third kappa shape index (κ3) is 7.97. The third-order valence-electron chi connectivity index (χ3n) is 5.90. The molecule has 3 aromatic rings. The number of carbonyl (C=O) groups is 2. The Bertz CT molecular complexity index is 1420. The van der Waals surface area contributed by atoms with Gasteiger partial charge >= 0.3 is 0 Å². The lowest BCUT2D eigenvalue weighted by atomic mass is 10.1. The van der Waals surface area contributed by atoms with E-state index in [1.807, 2.05) is 38.1 Å². The molecular formula is C28H30BrCl2N3O4S. The summed E-state index contributed by atoms with van der Waals surface area (Å²) in [6.45, 7) is 5.47. The van der Waals surface area contributed by atoms with Gasteiger partial charge in [0.2, 0.25) is 11.8 Å². The third-order valence-corrected chi connectivity index (χ3v) is 8.98. The molecule has 0 spiro atoms. The number of anilines is 1. The molecule has 0 aromatic heterocycles. The molecule has 0 heterocycles. The lowest BCUT2D eigenvalue weighted by Crippen LogP contribution is -2.51. The average Bonchev–Trinajstić information content (AvgIpc) is 2.90. The minimum atomic E-state index is -4.23. The number of sulfonamides is 1. The van der Waals surface area contributed by atoms with Crippen LogP contribution in [0.1, 0.15) is 26.3 Å². The summed E-state index contributed by atoms with van der Waals surface area (Å²) in [6.07, 6.45) is 0. The molecule has 0 aliphatic carbocycles. The summed E-state index contributed by atoms with van der Waals surface area (Å²) in [5.74, 6) is -0.713. The zero-order chi connectivity index (χ0) is 28.7. The molecule has 0 radical (unpaired) electrons. The van der Waals surface area contributed by atoms with E-state index in [1.165, 1.54) is 29.2 Å². The fourth-order valence-corrected chi connectivity index (χ4v) is 6.13. The Morgan fingerprint density at radius 3 is 2.26 bits per heavy atom. The lowest BCUT2D eigenvalue weighted by Gasteiger charge is -2.32. The molecule has 0 saturated carbocycles. The molecule has 0 saturated heterocycles. The van der Waals surface area contributed by atoms with Crippen molar-refractivity contribution < 1.29 is 18.0 Å². The number of halogens is 3. The Labute approximate surface area is 248 Å². The van der Waals surface area contributed by atoms with Crippen LogP contribution in [0, 0.1) is 5.92 Å². The summed E-state index contributed by atoms with van der Waals surface area (Å²) >= 11 is 16.1. The topological polar surface area (TPSA) is 86.8 Å². The SMILES string of the molecule is CC(C)CNC(=O)[C@@H](C)N(Cc1cccc(Br)c1)C(=O)CN(c1cccc(Cl)c1Cl)S(=O)(=O)c1ccccc1. The fraction of sp³-hybridized carbons (Fsp3) is 0.286. The van der Waals surface area contributed by atoms with Crippen molar-refractivity contribution in [2.24, 2.45) is 5.92 Å². The molecule has 0 fully saturated rings. The summed E-state index contributed by atoms with van der Waals surface area (Å²) in [6, 6.07) is 18.8. The largest absolute Gasteiger partial charge is 0.354 e. The first-order chi connectivity index (χ1) is 18.4. The minimum absolute atomic E-state index is 0.00672. The molecule has 39 heavy (non-hydrogen) atoms. The van der Waals surface area contributed by atoms with E-state index < -0.39 is 28.5 Å². The van der Waals surface area contributed by atoms with Gasteiger partial charge in [-0.3, -0.25) is 13.9 Å². The van der Waals surface area contributed by atoms with Crippen LogP contribution < -0.4 is 9.62 Å². The van der Waals surface area contributed by atoms with E-state index >= 15 is 0 Å². The average molecular weight is 655 g/mol. The van der Waals surface area contributed by atoms with E-state index in [0.717, 1.165) is 14.3 Å². The van der Waals surface area contributed by atoms with Crippen LogP contribution >= 0.6 is 39.1 Å². The van der Waals surface area contributed by atoms with Gasteiger partial charge in [-0.15, -0.1) is 0 Å². The van der Waals surface area contributed by atoms with Gasteiger partial charge in [0.15, 0.2) is 0 Å².